The van der Waals surface area contributed by atoms with Crippen molar-refractivity contribution >= 4 is 29.1 Å². The molecule has 1 amide bonds. The molecule has 0 atom stereocenters. The number of rotatable bonds is 3. The minimum atomic E-state index is -0.583. The van der Waals surface area contributed by atoms with Crippen LogP contribution >= 0.6 is 23.2 Å². The first-order valence-electron chi connectivity index (χ1n) is 5.49. The summed E-state index contributed by atoms with van der Waals surface area (Å²) in [7, 11) is 0. The van der Waals surface area contributed by atoms with Crippen molar-refractivity contribution in [2.24, 2.45) is 5.73 Å². The minimum Gasteiger partial charge on any atom is -0.369 e. The molecule has 19 heavy (non-hydrogen) atoms. The summed E-state index contributed by atoms with van der Waals surface area (Å²) in [6.45, 7) is 0. The van der Waals surface area contributed by atoms with Crippen molar-refractivity contribution in [2.45, 2.75) is 6.42 Å². The van der Waals surface area contributed by atoms with Crippen LogP contribution in [-0.2, 0) is 11.2 Å². The van der Waals surface area contributed by atoms with E-state index in [0.717, 1.165) is 0 Å². The molecule has 2 rings (SSSR count). The van der Waals surface area contributed by atoms with Crippen LogP contribution in [0.2, 0.25) is 10.0 Å². The second-order valence-corrected chi connectivity index (χ2v) is 4.95. The Morgan fingerprint density at radius 3 is 2.37 bits per heavy atom. The fourth-order valence-corrected chi connectivity index (χ4v) is 2.36. The Hall–Kier alpha value is -1.58. The van der Waals surface area contributed by atoms with Gasteiger partial charge in [0.2, 0.25) is 5.91 Å². The van der Waals surface area contributed by atoms with Crippen molar-refractivity contribution < 1.29 is 9.18 Å². The highest BCUT2D eigenvalue weighted by Crippen LogP contribution is 2.30. The molecule has 0 aliphatic heterocycles. The van der Waals surface area contributed by atoms with Crippen LogP contribution in [0.15, 0.2) is 36.4 Å². The van der Waals surface area contributed by atoms with E-state index < -0.39 is 11.7 Å². The van der Waals surface area contributed by atoms with Crippen LogP contribution in [0.5, 0.6) is 0 Å². The molecule has 98 valence electrons. The second-order valence-electron chi connectivity index (χ2n) is 4.08. The summed E-state index contributed by atoms with van der Waals surface area (Å²) in [5, 5.41) is 0.837. The highest BCUT2D eigenvalue weighted by molar-refractivity contribution is 6.35. The van der Waals surface area contributed by atoms with Crippen molar-refractivity contribution in [3.63, 3.8) is 0 Å². The van der Waals surface area contributed by atoms with Crippen LogP contribution in [0.3, 0.4) is 0 Å². The molecule has 0 aliphatic rings. The maximum atomic E-state index is 14.3. The lowest BCUT2D eigenvalue weighted by Crippen LogP contribution is -2.14. The van der Waals surface area contributed by atoms with Crippen LogP contribution < -0.4 is 5.73 Å². The van der Waals surface area contributed by atoms with E-state index in [4.69, 9.17) is 28.9 Å². The third kappa shape index (κ3) is 3.25. The standard InChI is InChI=1S/C14H10Cl2FNO/c15-10-4-9(5-11(16)7-10)12-3-1-2-8(14(12)17)6-13(18)19/h1-5,7H,6H2,(H2,18,19). The highest BCUT2D eigenvalue weighted by Gasteiger charge is 2.12. The third-order valence-corrected chi connectivity index (χ3v) is 3.05. The SMILES string of the molecule is NC(=O)Cc1cccc(-c2cc(Cl)cc(Cl)c2)c1F. The molecule has 2 aromatic rings. The largest absolute Gasteiger partial charge is 0.369 e. The summed E-state index contributed by atoms with van der Waals surface area (Å²) in [6.07, 6.45) is -0.145. The number of hydrogen-bond donors (Lipinski definition) is 1. The van der Waals surface area contributed by atoms with E-state index in [2.05, 4.69) is 0 Å². The number of halogens is 3. The van der Waals surface area contributed by atoms with Crippen LogP contribution in [0.25, 0.3) is 11.1 Å². The maximum absolute atomic E-state index is 14.3. The van der Waals surface area contributed by atoms with Crippen LogP contribution in [0, 0.1) is 5.82 Å². The van der Waals surface area contributed by atoms with Gasteiger partial charge in [-0.3, -0.25) is 4.79 Å². The minimum absolute atomic E-state index is 0.145. The van der Waals surface area contributed by atoms with Gasteiger partial charge in [0.15, 0.2) is 0 Å². The van der Waals surface area contributed by atoms with Crippen molar-refractivity contribution in [3.8, 4) is 11.1 Å². The Kier molecular flexibility index (Phi) is 4.08. The van der Waals surface area contributed by atoms with Crippen molar-refractivity contribution in [3.05, 3.63) is 57.8 Å². The first-order chi connectivity index (χ1) is 8.97. The molecule has 0 heterocycles. The molecular weight excluding hydrogens is 288 g/mol. The van der Waals surface area contributed by atoms with Gasteiger partial charge in [0.1, 0.15) is 5.82 Å². The summed E-state index contributed by atoms with van der Waals surface area (Å²) >= 11 is 11.8. The van der Waals surface area contributed by atoms with E-state index in [-0.39, 0.29) is 12.0 Å². The predicted octanol–water partition coefficient (Wildman–Crippen LogP) is 3.83. The van der Waals surface area contributed by atoms with Gasteiger partial charge in [-0.1, -0.05) is 41.4 Å². The van der Waals surface area contributed by atoms with E-state index >= 15 is 0 Å². The normalized spacial score (nSPS) is 10.5. The summed E-state index contributed by atoms with van der Waals surface area (Å²) in [5.41, 5.74) is 6.23. The van der Waals surface area contributed by atoms with Crippen LogP contribution in [-0.4, -0.2) is 5.91 Å². The molecular formula is C14H10Cl2FNO. The molecule has 0 aromatic heterocycles. The third-order valence-electron chi connectivity index (χ3n) is 2.62. The first-order valence-corrected chi connectivity index (χ1v) is 6.25. The van der Waals surface area contributed by atoms with E-state index in [1.807, 2.05) is 0 Å². The Labute approximate surface area is 119 Å². The van der Waals surface area contributed by atoms with Crippen LogP contribution in [0.4, 0.5) is 4.39 Å². The van der Waals surface area contributed by atoms with Gasteiger partial charge in [-0.2, -0.15) is 0 Å². The van der Waals surface area contributed by atoms with Crippen molar-refractivity contribution in [1.29, 1.82) is 0 Å². The van der Waals surface area contributed by atoms with Gasteiger partial charge in [0.05, 0.1) is 6.42 Å². The quantitative estimate of drug-likeness (QED) is 0.919. The Bertz CT molecular complexity index is 623. The van der Waals surface area contributed by atoms with Gasteiger partial charge in [-0.15, -0.1) is 0 Å². The molecule has 0 fully saturated rings. The monoisotopic (exact) mass is 297 g/mol. The highest BCUT2D eigenvalue weighted by atomic mass is 35.5. The van der Waals surface area contributed by atoms with Gasteiger partial charge in [0, 0.05) is 15.6 Å². The molecule has 2 nitrogen and oxygen atoms in total. The topological polar surface area (TPSA) is 43.1 Å². The first kappa shape index (κ1) is 13.8. The zero-order chi connectivity index (χ0) is 14.0. The number of amides is 1. The van der Waals surface area contributed by atoms with Gasteiger partial charge in [-0.05, 0) is 29.3 Å². The fourth-order valence-electron chi connectivity index (χ4n) is 1.84. The Balaban J connectivity index is 2.53. The molecule has 0 spiro atoms. The number of primary amides is 1. The molecule has 2 N–H and O–H groups in total. The number of nitrogens with two attached hydrogens (primary N) is 1. The molecule has 2 aromatic carbocycles. The maximum Gasteiger partial charge on any atom is 0.221 e. The lowest BCUT2D eigenvalue weighted by molar-refractivity contribution is -0.117. The number of hydrogen-bond acceptors (Lipinski definition) is 1. The fraction of sp³-hybridized carbons (Fsp3) is 0.0714. The molecule has 0 bridgehead atoms. The average molecular weight is 298 g/mol. The van der Waals surface area contributed by atoms with E-state index in [9.17, 15) is 9.18 Å². The Morgan fingerprint density at radius 2 is 1.79 bits per heavy atom. The van der Waals surface area contributed by atoms with Gasteiger partial charge in [-0.25, -0.2) is 4.39 Å². The predicted molar refractivity (Wildman–Crippen MR) is 74.8 cm³/mol. The smallest absolute Gasteiger partial charge is 0.221 e. The van der Waals surface area contributed by atoms with E-state index in [0.29, 0.717) is 21.2 Å². The van der Waals surface area contributed by atoms with Crippen molar-refractivity contribution in [1.82, 2.24) is 0 Å². The van der Waals surface area contributed by atoms with Gasteiger partial charge >= 0.3 is 0 Å². The van der Waals surface area contributed by atoms with Gasteiger partial charge < -0.3 is 5.73 Å². The number of benzene rings is 2. The molecule has 0 saturated carbocycles. The molecule has 5 heteroatoms. The van der Waals surface area contributed by atoms with Crippen LogP contribution in [0.1, 0.15) is 5.56 Å². The second kappa shape index (κ2) is 5.59. The summed E-state index contributed by atoms with van der Waals surface area (Å²) in [5.74, 6) is -1.07. The Morgan fingerprint density at radius 1 is 1.16 bits per heavy atom. The molecule has 0 aliphatic carbocycles. The van der Waals surface area contributed by atoms with Gasteiger partial charge in [0.25, 0.3) is 0 Å². The zero-order valence-electron chi connectivity index (χ0n) is 9.79. The summed E-state index contributed by atoms with van der Waals surface area (Å²) < 4.78 is 14.3. The molecule has 0 unspecified atom stereocenters. The van der Waals surface area contributed by atoms with Crippen molar-refractivity contribution in [2.75, 3.05) is 0 Å². The summed E-state index contributed by atoms with van der Waals surface area (Å²) in [6, 6.07) is 9.57. The van der Waals surface area contributed by atoms with E-state index in [1.165, 1.54) is 6.07 Å². The molecule has 0 radical (unpaired) electrons. The average Bonchev–Trinajstić information content (AvgIpc) is 2.30. The van der Waals surface area contributed by atoms with E-state index in [1.54, 1.807) is 30.3 Å². The number of carbonyl (C=O) groups excluding carboxylic acids is 1. The number of carbonyl (C=O) groups is 1. The zero-order valence-corrected chi connectivity index (χ0v) is 11.3. The summed E-state index contributed by atoms with van der Waals surface area (Å²) in [4.78, 5) is 10.9. The lowest BCUT2D eigenvalue weighted by atomic mass is 10.0. The lowest BCUT2D eigenvalue weighted by Gasteiger charge is -2.08. The molecule has 0 saturated heterocycles.